The Balaban J connectivity index is 2.64. The molecule has 1 unspecified atom stereocenters. The van der Waals surface area contributed by atoms with Crippen LogP contribution in [0, 0.1) is 5.92 Å². The highest BCUT2D eigenvalue weighted by Gasteiger charge is 2.11. The Hall–Kier alpha value is -1.69. The molecule has 100 valence electrons. The Morgan fingerprint density at radius 3 is 2.56 bits per heavy atom. The van der Waals surface area contributed by atoms with Gasteiger partial charge < -0.3 is 16.4 Å². The third-order valence-corrected chi connectivity index (χ3v) is 2.52. The Bertz CT molecular complexity index is 377. The largest absolute Gasteiger partial charge is 0.365 e. The van der Waals surface area contributed by atoms with E-state index in [2.05, 4.69) is 34.7 Å². The number of anilines is 1. The maximum atomic E-state index is 11.3. The van der Waals surface area contributed by atoms with Crippen LogP contribution in [0.4, 0.5) is 5.82 Å². The average molecular weight is 251 g/mol. The van der Waals surface area contributed by atoms with Gasteiger partial charge in [-0.15, -0.1) is 10.2 Å². The van der Waals surface area contributed by atoms with Crippen molar-refractivity contribution in [2.75, 3.05) is 18.9 Å². The second-order valence-electron chi connectivity index (χ2n) is 4.59. The summed E-state index contributed by atoms with van der Waals surface area (Å²) in [7, 11) is 1.56. The van der Waals surface area contributed by atoms with E-state index in [1.807, 2.05) is 0 Å². The Morgan fingerprint density at radius 1 is 1.39 bits per heavy atom. The minimum atomic E-state index is -0.244. The molecule has 0 aliphatic carbocycles. The first-order valence-corrected chi connectivity index (χ1v) is 6.09. The summed E-state index contributed by atoms with van der Waals surface area (Å²) in [6.45, 7) is 4.83. The topological polar surface area (TPSA) is 92.9 Å². The number of carbonyl (C=O) groups excluding carboxylic acids is 1. The Kier molecular flexibility index (Phi) is 5.51. The van der Waals surface area contributed by atoms with Crippen molar-refractivity contribution >= 4 is 11.7 Å². The lowest BCUT2D eigenvalue weighted by Crippen LogP contribution is -2.31. The second-order valence-corrected chi connectivity index (χ2v) is 4.59. The van der Waals surface area contributed by atoms with Crippen LogP contribution in [-0.4, -0.2) is 35.7 Å². The minimum Gasteiger partial charge on any atom is -0.365 e. The monoisotopic (exact) mass is 251 g/mol. The third-order valence-electron chi connectivity index (χ3n) is 2.52. The molecule has 0 fully saturated rings. The number of hydrogen-bond acceptors (Lipinski definition) is 5. The summed E-state index contributed by atoms with van der Waals surface area (Å²) in [5, 5.41) is 13.5. The van der Waals surface area contributed by atoms with Crippen LogP contribution in [0.25, 0.3) is 0 Å². The molecule has 0 aromatic carbocycles. The third kappa shape index (κ3) is 4.29. The number of carbonyl (C=O) groups is 1. The summed E-state index contributed by atoms with van der Waals surface area (Å²) < 4.78 is 0. The molecular weight excluding hydrogens is 230 g/mol. The van der Waals surface area contributed by atoms with Gasteiger partial charge in [0.15, 0.2) is 5.69 Å². The van der Waals surface area contributed by atoms with Gasteiger partial charge in [-0.2, -0.15) is 0 Å². The first kappa shape index (κ1) is 14.4. The van der Waals surface area contributed by atoms with Crippen molar-refractivity contribution in [1.29, 1.82) is 0 Å². The summed E-state index contributed by atoms with van der Waals surface area (Å²) in [6, 6.07) is 3.54. The molecule has 18 heavy (non-hydrogen) atoms. The molecule has 0 aliphatic rings. The van der Waals surface area contributed by atoms with Gasteiger partial charge >= 0.3 is 0 Å². The maximum Gasteiger partial charge on any atom is 0.271 e. The van der Waals surface area contributed by atoms with E-state index in [9.17, 15) is 4.79 Å². The van der Waals surface area contributed by atoms with E-state index in [0.717, 1.165) is 6.42 Å². The van der Waals surface area contributed by atoms with Crippen LogP contribution in [0.15, 0.2) is 12.1 Å². The molecule has 1 atom stereocenters. The van der Waals surface area contributed by atoms with Crippen molar-refractivity contribution in [3.05, 3.63) is 17.8 Å². The van der Waals surface area contributed by atoms with E-state index >= 15 is 0 Å². The lowest BCUT2D eigenvalue weighted by Gasteiger charge is -2.18. The van der Waals surface area contributed by atoms with Crippen LogP contribution in [-0.2, 0) is 0 Å². The van der Waals surface area contributed by atoms with Crippen LogP contribution in [0.2, 0.25) is 0 Å². The smallest absolute Gasteiger partial charge is 0.271 e. The van der Waals surface area contributed by atoms with Gasteiger partial charge in [0.05, 0.1) is 0 Å². The molecule has 1 aromatic heterocycles. The summed E-state index contributed by atoms with van der Waals surface area (Å²) in [5.74, 6) is 0.953. The van der Waals surface area contributed by atoms with E-state index < -0.39 is 0 Å². The van der Waals surface area contributed by atoms with Gasteiger partial charge in [0.2, 0.25) is 0 Å². The van der Waals surface area contributed by atoms with Gasteiger partial charge in [0.25, 0.3) is 5.91 Å². The molecule has 1 heterocycles. The number of aromatic nitrogens is 2. The average Bonchev–Trinajstić information content (AvgIpc) is 2.37. The van der Waals surface area contributed by atoms with Gasteiger partial charge in [-0.25, -0.2) is 0 Å². The summed E-state index contributed by atoms with van der Waals surface area (Å²) in [4.78, 5) is 11.3. The van der Waals surface area contributed by atoms with Crippen molar-refractivity contribution in [2.24, 2.45) is 11.7 Å². The normalized spacial score (nSPS) is 12.3. The van der Waals surface area contributed by atoms with Crippen molar-refractivity contribution in [2.45, 2.75) is 26.3 Å². The molecule has 6 heteroatoms. The fourth-order valence-corrected chi connectivity index (χ4v) is 1.65. The number of nitrogens with two attached hydrogens (primary N) is 1. The van der Waals surface area contributed by atoms with Crippen LogP contribution in [0.3, 0.4) is 0 Å². The molecule has 1 amide bonds. The summed E-state index contributed by atoms with van der Waals surface area (Å²) >= 11 is 0. The highest BCUT2D eigenvalue weighted by atomic mass is 16.1. The second kappa shape index (κ2) is 6.90. The maximum absolute atomic E-state index is 11.3. The fourth-order valence-electron chi connectivity index (χ4n) is 1.65. The Morgan fingerprint density at radius 2 is 2.11 bits per heavy atom. The zero-order valence-electron chi connectivity index (χ0n) is 11.1. The van der Waals surface area contributed by atoms with Crippen LogP contribution in [0.5, 0.6) is 0 Å². The highest BCUT2D eigenvalue weighted by Crippen LogP contribution is 2.10. The molecule has 0 aliphatic heterocycles. The van der Waals surface area contributed by atoms with Gasteiger partial charge in [-0.05, 0) is 24.5 Å². The van der Waals surface area contributed by atoms with Gasteiger partial charge in [0.1, 0.15) is 5.82 Å². The van der Waals surface area contributed by atoms with E-state index in [0.29, 0.717) is 24.0 Å². The predicted molar refractivity (Wildman–Crippen MR) is 71.3 cm³/mol. The first-order chi connectivity index (χ1) is 8.56. The molecule has 1 aromatic rings. The zero-order chi connectivity index (χ0) is 13.5. The van der Waals surface area contributed by atoms with E-state index in [1.165, 1.54) is 0 Å². The van der Waals surface area contributed by atoms with Crippen LogP contribution < -0.4 is 16.4 Å². The SMILES string of the molecule is CNC(=O)c1ccc(NC(CN)CC(C)C)nn1. The van der Waals surface area contributed by atoms with Gasteiger partial charge in [0, 0.05) is 19.6 Å². The number of hydrogen-bond donors (Lipinski definition) is 3. The molecule has 0 saturated carbocycles. The summed E-state index contributed by atoms with van der Waals surface area (Å²) in [5.41, 5.74) is 6.00. The number of nitrogens with one attached hydrogen (secondary N) is 2. The van der Waals surface area contributed by atoms with Crippen molar-refractivity contribution < 1.29 is 4.79 Å². The standard InChI is InChI=1S/C12H21N5O/c1-8(2)6-9(7-13)15-11-5-4-10(16-17-11)12(18)14-3/h4-5,8-9H,6-7,13H2,1-3H3,(H,14,18)(H,15,17). The molecule has 1 rings (SSSR count). The number of nitrogens with zero attached hydrogens (tertiary/aromatic N) is 2. The lowest BCUT2D eigenvalue weighted by molar-refractivity contribution is 0.0957. The predicted octanol–water partition coefficient (Wildman–Crippen LogP) is 0.621. The molecule has 0 radical (unpaired) electrons. The first-order valence-electron chi connectivity index (χ1n) is 6.09. The molecular formula is C12H21N5O. The van der Waals surface area contributed by atoms with E-state index in [-0.39, 0.29) is 11.9 Å². The number of rotatable bonds is 6. The zero-order valence-corrected chi connectivity index (χ0v) is 11.1. The van der Waals surface area contributed by atoms with Crippen molar-refractivity contribution in [1.82, 2.24) is 15.5 Å². The van der Waals surface area contributed by atoms with Gasteiger partial charge in [-0.3, -0.25) is 4.79 Å². The highest BCUT2D eigenvalue weighted by molar-refractivity contribution is 5.91. The minimum absolute atomic E-state index is 0.171. The fraction of sp³-hybridized carbons (Fsp3) is 0.583. The molecule has 4 N–H and O–H groups in total. The summed E-state index contributed by atoms with van der Waals surface area (Å²) in [6.07, 6.45) is 0.968. The quantitative estimate of drug-likeness (QED) is 0.689. The number of amides is 1. The van der Waals surface area contributed by atoms with Crippen molar-refractivity contribution in [3.8, 4) is 0 Å². The van der Waals surface area contributed by atoms with Crippen molar-refractivity contribution in [3.63, 3.8) is 0 Å². The van der Waals surface area contributed by atoms with Gasteiger partial charge in [-0.1, -0.05) is 13.8 Å². The Labute approximate surface area is 107 Å². The van der Waals surface area contributed by atoms with E-state index in [4.69, 9.17) is 5.73 Å². The molecule has 0 bridgehead atoms. The van der Waals surface area contributed by atoms with E-state index in [1.54, 1.807) is 19.2 Å². The molecule has 0 saturated heterocycles. The molecule has 6 nitrogen and oxygen atoms in total. The van der Waals surface area contributed by atoms with Crippen LogP contribution in [0.1, 0.15) is 30.8 Å². The lowest BCUT2D eigenvalue weighted by atomic mass is 10.0. The van der Waals surface area contributed by atoms with Crippen LogP contribution >= 0.6 is 0 Å². The molecule has 0 spiro atoms.